The van der Waals surface area contributed by atoms with Gasteiger partial charge in [-0.05, 0) is 43.7 Å². The molecule has 1 saturated carbocycles. The van der Waals surface area contributed by atoms with E-state index in [0.717, 1.165) is 19.4 Å². The number of rotatable bonds is 3. The molecule has 1 amide bonds. The molecule has 2 N–H and O–H groups in total. The number of benzene rings is 1. The predicted octanol–water partition coefficient (Wildman–Crippen LogP) is 2.83. The van der Waals surface area contributed by atoms with Gasteiger partial charge in [0.1, 0.15) is 5.75 Å². The molecular weight excluding hydrogens is 264 g/mol. The standard InChI is InChI=1S/C17H24N2O2/c18-14-8-2-4-10-16(14)21-12-17(20)19-11-5-7-13-6-1-3-9-15(13)19/h2,4,8,10,13,15H,1,3,5-7,9,11-12,18H2. The summed E-state index contributed by atoms with van der Waals surface area (Å²) in [6, 6.07) is 7.77. The molecule has 4 nitrogen and oxygen atoms in total. The number of nitrogens with two attached hydrogens (primary N) is 1. The molecule has 0 bridgehead atoms. The fraction of sp³-hybridized carbons (Fsp3) is 0.588. The molecule has 1 heterocycles. The summed E-state index contributed by atoms with van der Waals surface area (Å²) >= 11 is 0. The first-order valence-electron chi connectivity index (χ1n) is 8.02. The molecule has 4 heteroatoms. The lowest BCUT2D eigenvalue weighted by Crippen LogP contribution is -2.51. The van der Waals surface area contributed by atoms with Gasteiger partial charge in [-0.25, -0.2) is 0 Å². The highest BCUT2D eigenvalue weighted by molar-refractivity contribution is 5.78. The molecule has 2 atom stereocenters. The number of ether oxygens (including phenoxy) is 1. The van der Waals surface area contributed by atoms with E-state index in [1.807, 2.05) is 18.2 Å². The molecule has 2 unspecified atom stereocenters. The van der Waals surface area contributed by atoms with Gasteiger partial charge >= 0.3 is 0 Å². The van der Waals surface area contributed by atoms with Crippen molar-refractivity contribution in [2.75, 3.05) is 18.9 Å². The molecule has 1 aliphatic carbocycles. The SMILES string of the molecule is Nc1ccccc1OCC(=O)N1CCCC2CCCCC21. The molecule has 0 aromatic heterocycles. The molecular formula is C17H24N2O2. The molecule has 21 heavy (non-hydrogen) atoms. The molecule has 3 rings (SSSR count). The number of nitrogens with zero attached hydrogens (tertiary/aromatic N) is 1. The average molecular weight is 288 g/mol. The highest BCUT2D eigenvalue weighted by Gasteiger charge is 2.35. The zero-order chi connectivity index (χ0) is 14.7. The maximum absolute atomic E-state index is 12.5. The minimum absolute atomic E-state index is 0.0947. The molecule has 114 valence electrons. The first-order chi connectivity index (χ1) is 10.3. The number of hydrogen-bond acceptors (Lipinski definition) is 3. The van der Waals surface area contributed by atoms with Crippen molar-refractivity contribution >= 4 is 11.6 Å². The van der Waals surface area contributed by atoms with Crippen LogP contribution in [0.5, 0.6) is 5.75 Å². The zero-order valence-electron chi connectivity index (χ0n) is 12.5. The van der Waals surface area contributed by atoms with Crippen LogP contribution in [-0.2, 0) is 4.79 Å². The van der Waals surface area contributed by atoms with E-state index in [1.54, 1.807) is 6.07 Å². The van der Waals surface area contributed by atoms with Crippen molar-refractivity contribution in [1.82, 2.24) is 4.90 Å². The topological polar surface area (TPSA) is 55.6 Å². The predicted molar refractivity (Wildman–Crippen MR) is 83.0 cm³/mol. The first kappa shape index (κ1) is 14.2. The fourth-order valence-electron chi connectivity index (χ4n) is 3.77. The van der Waals surface area contributed by atoms with Crippen LogP contribution in [0.4, 0.5) is 5.69 Å². The Morgan fingerprint density at radius 3 is 2.81 bits per heavy atom. The summed E-state index contributed by atoms with van der Waals surface area (Å²) in [6.07, 6.45) is 7.41. The molecule has 1 aromatic carbocycles. The third-order valence-corrected chi connectivity index (χ3v) is 4.83. The number of amides is 1. The van der Waals surface area contributed by atoms with Crippen molar-refractivity contribution in [3.8, 4) is 5.75 Å². The number of fused-ring (bicyclic) bond motifs is 1. The second-order valence-corrected chi connectivity index (χ2v) is 6.17. The van der Waals surface area contributed by atoms with E-state index in [4.69, 9.17) is 10.5 Å². The number of nitrogen functional groups attached to an aromatic ring is 1. The van der Waals surface area contributed by atoms with Crippen LogP contribution in [-0.4, -0.2) is 30.0 Å². The quantitative estimate of drug-likeness (QED) is 0.870. The van der Waals surface area contributed by atoms with E-state index in [9.17, 15) is 4.79 Å². The molecule has 0 radical (unpaired) electrons. The fourth-order valence-corrected chi connectivity index (χ4v) is 3.77. The van der Waals surface area contributed by atoms with Crippen molar-refractivity contribution in [2.24, 2.45) is 5.92 Å². The lowest BCUT2D eigenvalue weighted by atomic mass is 9.78. The maximum Gasteiger partial charge on any atom is 0.260 e. The third-order valence-electron chi connectivity index (χ3n) is 4.83. The summed E-state index contributed by atoms with van der Waals surface area (Å²) in [4.78, 5) is 14.6. The number of likely N-dealkylation sites (tertiary alicyclic amines) is 1. The van der Waals surface area contributed by atoms with Crippen LogP contribution >= 0.6 is 0 Å². The first-order valence-corrected chi connectivity index (χ1v) is 8.02. The Labute approximate surface area is 126 Å². The summed E-state index contributed by atoms with van der Waals surface area (Å²) in [5.74, 6) is 1.41. The Morgan fingerprint density at radius 2 is 1.95 bits per heavy atom. The number of piperidine rings is 1. The lowest BCUT2D eigenvalue weighted by molar-refractivity contribution is -0.139. The van der Waals surface area contributed by atoms with E-state index in [2.05, 4.69) is 4.90 Å². The van der Waals surface area contributed by atoms with E-state index < -0.39 is 0 Å². The van der Waals surface area contributed by atoms with Gasteiger partial charge in [-0.1, -0.05) is 25.0 Å². The monoisotopic (exact) mass is 288 g/mol. The Morgan fingerprint density at radius 1 is 1.19 bits per heavy atom. The van der Waals surface area contributed by atoms with Crippen molar-refractivity contribution < 1.29 is 9.53 Å². The van der Waals surface area contributed by atoms with Gasteiger partial charge in [-0.15, -0.1) is 0 Å². The van der Waals surface area contributed by atoms with E-state index in [-0.39, 0.29) is 12.5 Å². The van der Waals surface area contributed by atoms with Crippen LogP contribution in [0.3, 0.4) is 0 Å². The smallest absolute Gasteiger partial charge is 0.260 e. The highest BCUT2D eigenvalue weighted by Crippen LogP contribution is 2.35. The third kappa shape index (κ3) is 3.14. The van der Waals surface area contributed by atoms with Crippen LogP contribution in [0.25, 0.3) is 0 Å². The lowest BCUT2D eigenvalue weighted by Gasteiger charge is -2.44. The molecule has 2 fully saturated rings. The zero-order valence-corrected chi connectivity index (χ0v) is 12.5. The Hall–Kier alpha value is -1.71. The van der Waals surface area contributed by atoms with Crippen molar-refractivity contribution in [1.29, 1.82) is 0 Å². The maximum atomic E-state index is 12.5. The van der Waals surface area contributed by atoms with Gasteiger partial charge < -0.3 is 15.4 Å². The van der Waals surface area contributed by atoms with Gasteiger partial charge in [0, 0.05) is 12.6 Å². The Kier molecular flexibility index (Phi) is 4.32. The average Bonchev–Trinajstić information content (AvgIpc) is 2.53. The van der Waals surface area contributed by atoms with Crippen LogP contribution in [0, 0.1) is 5.92 Å². The summed E-state index contributed by atoms with van der Waals surface area (Å²) < 4.78 is 5.62. The minimum Gasteiger partial charge on any atom is -0.482 e. The number of carbonyl (C=O) groups is 1. The van der Waals surface area contributed by atoms with E-state index >= 15 is 0 Å². The molecule has 0 spiro atoms. The normalized spacial score (nSPS) is 25.2. The molecule has 1 aliphatic heterocycles. The number of carbonyl (C=O) groups excluding carboxylic acids is 1. The van der Waals surface area contributed by atoms with Crippen LogP contribution in [0.2, 0.25) is 0 Å². The number of para-hydroxylation sites is 2. The minimum atomic E-state index is 0.0947. The van der Waals surface area contributed by atoms with Gasteiger partial charge in [0.05, 0.1) is 5.69 Å². The molecule has 2 aliphatic rings. The summed E-state index contributed by atoms with van der Waals surface area (Å²) in [5.41, 5.74) is 6.42. The molecule has 1 saturated heterocycles. The Balaban J connectivity index is 1.60. The van der Waals surface area contributed by atoms with Gasteiger partial charge in [-0.3, -0.25) is 4.79 Å². The Bertz CT molecular complexity index is 501. The molecule has 1 aromatic rings. The second-order valence-electron chi connectivity index (χ2n) is 6.17. The van der Waals surface area contributed by atoms with Gasteiger partial charge in [0.2, 0.25) is 0 Å². The van der Waals surface area contributed by atoms with E-state index in [0.29, 0.717) is 23.4 Å². The van der Waals surface area contributed by atoms with E-state index in [1.165, 1.54) is 25.7 Å². The van der Waals surface area contributed by atoms with Crippen LogP contribution in [0.1, 0.15) is 38.5 Å². The highest BCUT2D eigenvalue weighted by atomic mass is 16.5. The van der Waals surface area contributed by atoms with Gasteiger partial charge in [-0.2, -0.15) is 0 Å². The second kappa shape index (κ2) is 6.37. The summed E-state index contributed by atoms with van der Waals surface area (Å²) in [5, 5.41) is 0. The number of anilines is 1. The van der Waals surface area contributed by atoms with Crippen LogP contribution < -0.4 is 10.5 Å². The van der Waals surface area contributed by atoms with Crippen molar-refractivity contribution in [2.45, 2.75) is 44.6 Å². The van der Waals surface area contributed by atoms with Gasteiger partial charge in [0.25, 0.3) is 5.91 Å². The largest absolute Gasteiger partial charge is 0.482 e. The van der Waals surface area contributed by atoms with Crippen molar-refractivity contribution in [3.05, 3.63) is 24.3 Å². The van der Waals surface area contributed by atoms with Gasteiger partial charge in [0.15, 0.2) is 6.61 Å². The summed E-state index contributed by atoms with van der Waals surface area (Å²) in [7, 11) is 0. The van der Waals surface area contributed by atoms with Crippen molar-refractivity contribution in [3.63, 3.8) is 0 Å². The van der Waals surface area contributed by atoms with Crippen LogP contribution in [0.15, 0.2) is 24.3 Å². The summed E-state index contributed by atoms with van der Waals surface area (Å²) in [6.45, 7) is 0.977. The number of hydrogen-bond donors (Lipinski definition) is 1.